The number of sulfone groups is 1. The second-order valence-corrected chi connectivity index (χ2v) is 8.01. The predicted octanol–water partition coefficient (Wildman–Crippen LogP) is 1.78. The number of amides is 1. The molecule has 134 valence electrons. The summed E-state index contributed by atoms with van der Waals surface area (Å²) in [7, 11) is -4.05. The van der Waals surface area contributed by atoms with E-state index >= 15 is 0 Å². The van der Waals surface area contributed by atoms with Crippen molar-refractivity contribution in [3.8, 4) is 5.75 Å². The number of para-hydroxylation sites is 2. The zero-order chi connectivity index (χ0) is 18.4. The standard InChI is InChI=1S/C16H23NO6S/c1-5-22-13-10-8-7-9-12(13)17-14(18)11-24(20,21)16(3,4)15(19)23-6-2/h7-10H,5-6,11H2,1-4H3,(H,17,18). The van der Waals surface area contributed by atoms with Crippen LogP contribution >= 0.6 is 0 Å². The van der Waals surface area contributed by atoms with Crippen molar-refractivity contribution >= 4 is 27.4 Å². The Labute approximate surface area is 142 Å². The van der Waals surface area contributed by atoms with Gasteiger partial charge in [0.15, 0.2) is 14.6 Å². The molecule has 1 amide bonds. The molecule has 1 aromatic rings. The van der Waals surface area contributed by atoms with E-state index in [1.165, 1.54) is 13.8 Å². The van der Waals surface area contributed by atoms with Crippen molar-refractivity contribution in [3.63, 3.8) is 0 Å². The molecular weight excluding hydrogens is 334 g/mol. The first-order valence-electron chi connectivity index (χ1n) is 7.57. The molecule has 0 radical (unpaired) electrons. The highest BCUT2D eigenvalue weighted by Crippen LogP contribution is 2.24. The number of anilines is 1. The Morgan fingerprint density at radius 2 is 1.75 bits per heavy atom. The molecule has 0 spiro atoms. The highest BCUT2D eigenvalue weighted by atomic mass is 32.2. The zero-order valence-corrected chi connectivity index (χ0v) is 15.1. The average molecular weight is 357 g/mol. The van der Waals surface area contributed by atoms with E-state index in [2.05, 4.69) is 5.32 Å². The van der Waals surface area contributed by atoms with E-state index in [1.54, 1.807) is 38.1 Å². The molecule has 8 heteroatoms. The van der Waals surface area contributed by atoms with Crippen LogP contribution in [0.1, 0.15) is 27.7 Å². The lowest BCUT2D eigenvalue weighted by molar-refractivity contribution is -0.145. The van der Waals surface area contributed by atoms with Crippen LogP contribution in [0.3, 0.4) is 0 Å². The molecular formula is C16H23NO6S. The van der Waals surface area contributed by atoms with E-state index in [0.717, 1.165) is 0 Å². The molecule has 0 aliphatic rings. The molecule has 0 aliphatic carbocycles. The van der Waals surface area contributed by atoms with Crippen molar-refractivity contribution in [1.29, 1.82) is 0 Å². The monoisotopic (exact) mass is 357 g/mol. The van der Waals surface area contributed by atoms with Gasteiger partial charge in [-0.15, -0.1) is 0 Å². The van der Waals surface area contributed by atoms with Crippen LogP contribution < -0.4 is 10.1 Å². The Bertz CT molecular complexity index is 696. The van der Waals surface area contributed by atoms with Gasteiger partial charge in [0.25, 0.3) is 0 Å². The van der Waals surface area contributed by atoms with E-state index in [0.29, 0.717) is 18.0 Å². The number of benzene rings is 1. The lowest BCUT2D eigenvalue weighted by atomic mass is 10.2. The van der Waals surface area contributed by atoms with Crippen molar-refractivity contribution in [2.75, 3.05) is 24.3 Å². The molecule has 0 aromatic heterocycles. The lowest BCUT2D eigenvalue weighted by Crippen LogP contribution is -2.45. The van der Waals surface area contributed by atoms with Crippen molar-refractivity contribution in [2.45, 2.75) is 32.4 Å². The van der Waals surface area contributed by atoms with Gasteiger partial charge in [-0.05, 0) is 39.8 Å². The fraction of sp³-hybridized carbons (Fsp3) is 0.500. The van der Waals surface area contributed by atoms with Gasteiger partial charge < -0.3 is 14.8 Å². The number of hydrogen-bond donors (Lipinski definition) is 1. The fourth-order valence-corrected chi connectivity index (χ4v) is 2.91. The molecule has 0 saturated carbocycles. The lowest BCUT2D eigenvalue weighted by Gasteiger charge is -2.22. The summed E-state index contributed by atoms with van der Waals surface area (Å²) in [6.07, 6.45) is 0. The van der Waals surface area contributed by atoms with Gasteiger partial charge in [0.05, 0.1) is 18.9 Å². The predicted molar refractivity (Wildman–Crippen MR) is 90.7 cm³/mol. The first kappa shape index (κ1) is 20.0. The van der Waals surface area contributed by atoms with Gasteiger partial charge in [0.1, 0.15) is 11.5 Å². The van der Waals surface area contributed by atoms with Crippen LogP contribution in [0.5, 0.6) is 5.75 Å². The maximum Gasteiger partial charge on any atom is 0.326 e. The van der Waals surface area contributed by atoms with Crippen LogP contribution in [0.4, 0.5) is 5.69 Å². The first-order valence-corrected chi connectivity index (χ1v) is 9.22. The number of nitrogens with one attached hydrogen (secondary N) is 1. The Kier molecular flexibility index (Phi) is 6.77. The maximum atomic E-state index is 12.4. The second kappa shape index (κ2) is 8.14. The molecule has 0 fully saturated rings. The number of carbonyl (C=O) groups is 2. The molecule has 1 rings (SSSR count). The Morgan fingerprint density at radius 3 is 2.33 bits per heavy atom. The molecule has 0 aliphatic heterocycles. The summed E-state index contributed by atoms with van der Waals surface area (Å²) < 4.78 is 33.1. The molecule has 0 bridgehead atoms. The van der Waals surface area contributed by atoms with Gasteiger partial charge in [0, 0.05) is 0 Å². The van der Waals surface area contributed by atoms with E-state index in [4.69, 9.17) is 9.47 Å². The van der Waals surface area contributed by atoms with Crippen LogP contribution in [0, 0.1) is 0 Å². The Hall–Kier alpha value is -2.09. The summed E-state index contributed by atoms with van der Waals surface area (Å²) in [6.45, 7) is 6.29. The van der Waals surface area contributed by atoms with Gasteiger partial charge in [0.2, 0.25) is 5.91 Å². The van der Waals surface area contributed by atoms with Crippen molar-refractivity contribution in [1.82, 2.24) is 0 Å². The molecule has 1 N–H and O–H groups in total. The summed E-state index contributed by atoms with van der Waals surface area (Å²) in [5.74, 6) is -2.03. The fourth-order valence-electron chi connectivity index (χ4n) is 1.82. The van der Waals surface area contributed by atoms with Gasteiger partial charge in [-0.25, -0.2) is 8.42 Å². The quantitative estimate of drug-likeness (QED) is 0.712. The zero-order valence-electron chi connectivity index (χ0n) is 14.3. The minimum absolute atomic E-state index is 0.0612. The van der Waals surface area contributed by atoms with Crippen molar-refractivity contribution in [3.05, 3.63) is 24.3 Å². The second-order valence-electron chi connectivity index (χ2n) is 5.47. The normalized spacial score (nSPS) is 11.7. The van der Waals surface area contributed by atoms with E-state index in [1.807, 2.05) is 0 Å². The van der Waals surface area contributed by atoms with Crippen LogP contribution in [0.15, 0.2) is 24.3 Å². The van der Waals surface area contributed by atoms with E-state index in [-0.39, 0.29) is 6.61 Å². The van der Waals surface area contributed by atoms with Gasteiger partial charge in [-0.1, -0.05) is 12.1 Å². The molecule has 0 heterocycles. The van der Waals surface area contributed by atoms with E-state index < -0.39 is 32.2 Å². The molecule has 7 nitrogen and oxygen atoms in total. The SMILES string of the molecule is CCOC(=O)C(C)(C)S(=O)(=O)CC(=O)Nc1ccccc1OCC. The number of ether oxygens (including phenoxy) is 2. The topological polar surface area (TPSA) is 98.8 Å². The van der Waals surface area contributed by atoms with Gasteiger partial charge in [-0.3, -0.25) is 9.59 Å². The summed E-state index contributed by atoms with van der Waals surface area (Å²) in [4.78, 5) is 24.0. The third kappa shape index (κ3) is 4.70. The third-order valence-corrected chi connectivity index (χ3v) is 5.69. The molecule has 24 heavy (non-hydrogen) atoms. The van der Waals surface area contributed by atoms with Gasteiger partial charge >= 0.3 is 5.97 Å². The minimum Gasteiger partial charge on any atom is -0.492 e. The number of hydrogen-bond acceptors (Lipinski definition) is 6. The van der Waals surface area contributed by atoms with Crippen LogP contribution in [0.25, 0.3) is 0 Å². The van der Waals surface area contributed by atoms with Gasteiger partial charge in [-0.2, -0.15) is 0 Å². The van der Waals surface area contributed by atoms with Crippen LogP contribution in [-0.4, -0.2) is 44.0 Å². The number of carbonyl (C=O) groups excluding carboxylic acids is 2. The van der Waals surface area contributed by atoms with Crippen molar-refractivity contribution < 1.29 is 27.5 Å². The first-order chi connectivity index (χ1) is 11.2. The van der Waals surface area contributed by atoms with E-state index in [9.17, 15) is 18.0 Å². The maximum absolute atomic E-state index is 12.4. The summed E-state index contributed by atoms with van der Waals surface area (Å²) in [5, 5.41) is 2.50. The largest absolute Gasteiger partial charge is 0.492 e. The third-order valence-electron chi connectivity index (χ3n) is 3.33. The summed E-state index contributed by atoms with van der Waals surface area (Å²) >= 11 is 0. The molecule has 0 saturated heterocycles. The molecule has 0 atom stereocenters. The van der Waals surface area contributed by atoms with Crippen LogP contribution in [-0.2, 0) is 24.2 Å². The summed E-state index contributed by atoms with van der Waals surface area (Å²) in [5.41, 5.74) is 0.369. The Morgan fingerprint density at radius 1 is 1.12 bits per heavy atom. The number of esters is 1. The highest BCUT2D eigenvalue weighted by molar-refractivity contribution is 7.94. The van der Waals surface area contributed by atoms with Crippen molar-refractivity contribution in [2.24, 2.45) is 0 Å². The highest BCUT2D eigenvalue weighted by Gasteiger charge is 2.44. The Balaban J connectivity index is 2.89. The van der Waals surface area contributed by atoms with Crippen LogP contribution in [0.2, 0.25) is 0 Å². The molecule has 0 unspecified atom stereocenters. The smallest absolute Gasteiger partial charge is 0.326 e. The minimum atomic E-state index is -4.05. The average Bonchev–Trinajstić information content (AvgIpc) is 2.49. The molecule has 1 aromatic carbocycles. The number of rotatable bonds is 8. The summed E-state index contributed by atoms with van der Waals surface area (Å²) in [6, 6.07) is 6.69.